The molecule has 0 amide bonds. The van der Waals surface area contributed by atoms with E-state index in [1.807, 2.05) is 0 Å². The Morgan fingerprint density at radius 3 is 2.47 bits per heavy atom. The first-order chi connectivity index (χ1) is 7.25. The van der Waals surface area contributed by atoms with Gasteiger partial charge in [-0.05, 0) is 43.8 Å². The fourth-order valence-corrected chi connectivity index (χ4v) is 2.65. The molecule has 0 radical (unpaired) electrons. The van der Waals surface area contributed by atoms with E-state index in [1.54, 1.807) is 0 Å². The van der Waals surface area contributed by atoms with Crippen LogP contribution >= 0.6 is 12.2 Å². The minimum atomic E-state index is 0.603. The predicted octanol–water partition coefficient (Wildman–Crippen LogP) is 2.58. The SMILES string of the molecule is CC1CCCCCC1NC(=S)NC1CC1. The lowest BCUT2D eigenvalue weighted by Gasteiger charge is -2.24. The molecule has 2 nitrogen and oxygen atoms in total. The smallest absolute Gasteiger partial charge is 0.166 e. The molecule has 2 atom stereocenters. The van der Waals surface area contributed by atoms with Gasteiger partial charge < -0.3 is 10.6 Å². The van der Waals surface area contributed by atoms with Crippen LogP contribution in [0.1, 0.15) is 51.9 Å². The average Bonchev–Trinajstić information content (AvgIpc) is 2.98. The molecule has 0 aromatic heterocycles. The molecule has 2 unspecified atom stereocenters. The van der Waals surface area contributed by atoms with Gasteiger partial charge in [-0.1, -0.05) is 26.2 Å². The normalized spacial score (nSPS) is 31.8. The Kier molecular flexibility index (Phi) is 3.84. The Morgan fingerprint density at radius 1 is 1.00 bits per heavy atom. The molecular weight excluding hydrogens is 204 g/mol. The van der Waals surface area contributed by atoms with E-state index in [-0.39, 0.29) is 0 Å². The monoisotopic (exact) mass is 226 g/mol. The fourth-order valence-electron chi connectivity index (χ4n) is 2.33. The Labute approximate surface area is 98.2 Å². The van der Waals surface area contributed by atoms with Crippen molar-refractivity contribution in [1.29, 1.82) is 0 Å². The minimum absolute atomic E-state index is 0.603. The molecule has 0 heterocycles. The molecule has 0 spiro atoms. The van der Waals surface area contributed by atoms with Gasteiger partial charge in [-0.2, -0.15) is 0 Å². The second-order valence-electron chi connectivity index (χ2n) is 5.11. The number of thiocarbonyl (C=S) groups is 1. The van der Waals surface area contributed by atoms with Gasteiger partial charge in [-0.3, -0.25) is 0 Å². The summed E-state index contributed by atoms with van der Waals surface area (Å²) in [4.78, 5) is 0. The van der Waals surface area contributed by atoms with Gasteiger partial charge in [0.2, 0.25) is 0 Å². The maximum Gasteiger partial charge on any atom is 0.166 e. The van der Waals surface area contributed by atoms with E-state index in [1.165, 1.54) is 44.9 Å². The summed E-state index contributed by atoms with van der Waals surface area (Å²) < 4.78 is 0. The van der Waals surface area contributed by atoms with E-state index < -0.39 is 0 Å². The van der Waals surface area contributed by atoms with Gasteiger partial charge in [0.25, 0.3) is 0 Å². The van der Waals surface area contributed by atoms with Crippen LogP contribution in [-0.2, 0) is 0 Å². The first-order valence-corrected chi connectivity index (χ1v) is 6.73. The van der Waals surface area contributed by atoms with Gasteiger partial charge in [-0.25, -0.2) is 0 Å². The highest BCUT2D eigenvalue weighted by Crippen LogP contribution is 2.23. The van der Waals surface area contributed by atoms with Crippen molar-refractivity contribution in [2.75, 3.05) is 0 Å². The number of rotatable bonds is 2. The van der Waals surface area contributed by atoms with Crippen LogP contribution in [0.15, 0.2) is 0 Å². The molecule has 0 aliphatic heterocycles. The summed E-state index contributed by atoms with van der Waals surface area (Å²) in [6, 6.07) is 1.28. The summed E-state index contributed by atoms with van der Waals surface area (Å²) in [6.45, 7) is 2.35. The first-order valence-electron chi connectivity index (χ1n) is 6.33. The Balaban J connectivity index is 1.76. The number of hydrogen-bond acceptors (Lipinski definition) is 1. The average molecular weight is 226 g/mol. The summed E-state index contributed by atoms with van der Waals surface area (Å²) in [5, 5.41) is 7.75. The molecule has 0 bridgehead atoms. The maximum atomic E-state index is 5.33. The van der Waals surface area contributed by atoms with Crippen molar-refractivity contribution < 1.29 is 0 Å². The zero-order valence-corrected chi connectivity index (χ0v) is 10.4. The van der Waals surface area contributed by atoms with Crippen LogP contribution in [0, 0.1) is 5.92 Å². The highest BCUT2D eigenvalue weighted by atomic mass is 32.1. The highest BCUT2D eigenvalue weighted by molar-refractivity contribution is 7.80. The third kappa shape index (κ3) is 3.63. The predicted molar refractivity (Wildman–Crippen MR) is 67.9 cm³/mol. The zero-order valence-electron chi connectivity index (χ0n) is 9.59. The molecule has 2 rings (SSSR count). The van der Waals surface area contributed by atoms with Crippen LogP contribution in [0.3, 0.4) is 0 Å². The zero-order chi connectivity index (χ0) is 10.7. The topological polar surface area (TPSA) is 24.1 Å². The molecule has 0 aromatic carbocycles. The number of hydrogen-bond donors (Lipinski definition) is 2. The largest absolute Gasteiger partial charge is 0.360 e. The Morgan fingerprint density at radius 2 is 1.73 bits per heavy atom. The second kappa shape index (κ2) is 5.15. The van der Waals surface area contributed by atoms with Gasteiger partial charge in [0.05, 0.1) is 0 Å². The van der Waals surface area contributed by atoms with Crippen molar-refractivity contribution in [1.82, 2.24) is 10.6 Å². The van der Waals surface area contributed by atoms with E-state index in [0.29, 0.717) is 12.1 Å². The van der Waals surface area contributed by atoms with E-state index >= 15 is 0 Å². The van der Waals surface area contributed by atoms with E-state index in [0.717, 1.165) is 11.0 Å². The van der Waals surface area contributed by atoms with Crippen LogP contribution in [0.25, 0.3) is 0 Å². The van der Waals surface area contributed by atoms with E-state index in [9.17, 15) is 0 Å². The van der Waals surface area contributed by atoms with Crippen LogP contribution < -0.4 is 10.6 Å². The van der Waals surface area contributed by atoms with Gasteiger partial charge in [0, 0.05) is 12.1 Å². The molecule has 0 aromatic rings. The quantitative estimate of drug-likeness (QED) is 0.559. The van der Waals surface area contributed by atoms with E-state index in [4.69, 9.17) is 12.2 Å². The molecule has 3 heteroatoms. The minimum Gasteiger partial charge on any atom is -0.360 e. The molecule has 2 fully saturated rings. The Bertz CT molecular complexity index is 226. The summed E-state index contributed by atoms with van der Waals surface area (Å²) in [5.74, 6) is 0.770. The Hall–Kier alpha value is -0.310. The third-order valence-electron chi connectivity index (χ3n) is 3.59. The van der Waals surface area contributed by atoms with Crippen molar-refractivity contribution in [3.8, 4) is 0 Å². The van der Waals surface area contributed by atoms with Crippen molar-refractivity contribution in [2.24, 2.45) is 5.92 Å². The van der Waals surface area contributed by atoms with Crippen molar-refractivity contribution in [3.63, 3.8) is 0 Å². The molecule has 2 N–H and O–H groups in total. The lowest BCUT2D eigenvalue weighted by atomic mass is 9.97. The van der Waals surface area contributed by atoms with Crippen LogP contribution in [0.5, 0.6) is 0 Å². The number of nitrogens with one attached hydrogen (secondary N) is 2. The third-order valence-corrected chi connectivity index (χ3v) is 3.83. The fraction of sp³-hybridized carbons (Fsp3) is 0.917. The maximum absolute atomic E-state index is 5.33. The molecule has 2 saturated carbocycles. The van der Waals surface area contributed by atoms with E-state index in [2.05, 4.69) is 17.6 Å². The second-order valence-corrected chi connectivity index (χ2v) is 5.52. The summed E-state index contributed by atoms with van der Waals surface area (Å²) in [7, 11) is 0. The molecule has 86 valence electrons. The van der Waals surface area contributed by atoms with Crippen molar-refractivity contribution in [3.05, 3.63) is 0 Å². The summed E-state index contributed by atoms with van der Waals surface area (Å²) in [5.41, 5.74) is 0. The molecule has 15 heavy (non-hydrogen) atoms. The van der Waals surface area contributed by atoms with Crippen LogP contribution in [0.2, 0.25) is 0 Å². The lowest BCUT2D eigenvalue weighted by Crippen LogP contribution is -2.45. The standard InChI is InChI=1S/C12H22N2S/c1-9-5-3-2-4-6-11(9)14-12(15)13-10-7-8-10/h9-11H,2-8H2,1H3,(H2,13,14,15). The summed E-state index contributed by atoms with van der Waals surface area (Å²) >= 11 is 5.33. The highest BCUT2D eigenvalue weighted by Gasteiger charge is 2.24. The molecule has 0 saturated heterocycles. The van der Waals surface area contributed by atoms with Crippen LogP contribution in [-0.4, -0.2) is 17.2 Å². The summed E-state index contributed by atoms with van der Waals surface area (Å²) in [6.07, 6.45) is 9.36. The van der Waals surface area contributed by atoms with Gasteiger partial charge in [0.1, 0.15) is 0 Å². The van der Waals surface area contributed by atoms with Gasteiger partial charge in [-0.15, -0.1) is 0 Å². The van der Waals surface area contributed by atoms with Crippen molar-refractivity contribution in [2.45, 2.75) is 64.0 Å². The van der Waals surface area contributed by atoms with Crippen LogP contribution in [0.4, 0.5) is 0 Å². The molecular formula is C12H22N2S. The molecule has 2 aliphatic carbocycles. The molecule has 2 aliphatic rings. The first kappa shape index (κ1) is 11.2. The van der Waals surface area contributed by atoms with Gasteiger partial charge >= 0.3 is 0 Å². The van der Waals surface area contributed by atoms with Crippen molar-refractivity contribution >= 4 is 17.3 Å². The van der Waals surface area contributed by atoms with Gasteiger partial charge in [0.15, 0.2) is 5.11 Å². The lowest BCUT2D eigenvalue weighted by molar-refractivity contribution is 0.399.